The Balaban J connectivity index is 0.000000223. The van der Waals surface area contributed by atoms with E-state index in [0.717, 1.165) is 4.57 Å². The largest absolute Gasteiger partial charge is 0.478 e. The second-order valence-corrected chi connectivity index (χ2v) is 12.2. The van der Waals surface area contributed by atoms with E-state index in [1.165, 1.54) is 40.4 Å². The number of esters is 1. The number of carbonyl (C=O) groups excluding carboxylic acids is 1. The predicted molar refractivity (Wildman–Crippen MR) is 184 cm³/mol. The van der Waals surface area contributed by atoms with Crippen molar-refractivity contribution in [3.8, 4) is 11.7 Å². The van der Waals surface area contributed by atoms with Gasteiger partial charge >= 0.3 is 17.3 Å². The molecule has 2 aliphatic rings. The molecule has 1 aromatic carbocycles. The summed E-state index contributed by atoms with van der Waals surface area (Å²) in [5.41, 5.74) is 13.6. The van der Waals surface area contributed by atoms with Crippen LogP contribution in [0, 0.1) is 11.8 Å². The van der Waals surface area contributed by atoms with Gasteiger partial charge in [-0.15, -0.1) is 0 Å². The first-order valence-electron chi connectivity index (χ1n) is 16.7. The van der Waals surface area contributed by atoms with Crippen molar-refractivity contribution in [2.45, 2.75) is 70.2 Å². The second-order valence-electron chi connectivity index (χ2n) is 12.2. The number of azide groups is 2. The number of nitrogens with zero attached hydrogens (tertiary/aromatic N) is 13. The zero-order valence-electron chi connectivity index (χ0n) is 29.5. The smallest absolute Gasteiger partial charge is 0.352 e. The number of ether oxygens (including phenoxy) is 4. The van der Waals surface area contributed by atoms with Crippen molar-refractivity contribution in [3.63, 3.8) is 0 Å². The molecule has 2 saturated heterocycles. The van der Waals surface area contributed by atoms with E-state index in [9.17, 15) is 30.1 Å². The predicted octanol–water partition coefficient (Wildman–Crippen LogP) is 2.80. The lowest BCUT2D eigenvalue weighted by Gasteiger charge is -2.29. The molecule has 4 aromatic rings. The molecule has 22 nitrogen and oxygen atoms in total. The van der Waals surface area contributed by atoms with E-state index < -0.39 is 71.9 Å². The number of aromatic nitrogens is 7. The molecule has 0 saturated carbocycles. The van der Waals surface area contributed by atoms with E-state index in [4.69, 9.17) is 24.5 Å². The van der Waals surface area contributed by atoms with E-state index in [0.29, 0.717) is 18.0 Å². The van der Waals surface area contributed by atoms with Gasteiger partial charge < -0.3 is 29.2 Å². The van der Waals surface area contributed by atoms with Gasteiger partial charge in [0.2, 0.25) is 5.88 Å². The number of hydrogen-bond acceptors (Lipinski definition) is 15. The molecule has 54 heavy (non-hydrogen) atoms. The molecule has 0 bridgehead atoms. The summed E-state index contributed by atoms with van der Waals surface area (Å²) in [7, 11) is 0. The number of benzene rings is 1. The number of hydrogen-bond donors (Lipinski definition) is 2. The highest BCUT2D eigenvalue weighted by Gasteiger charge is 2.56. The lowest BCUT2D eigenvalue weighted by atomic mass is 9.95. The number of carbonyl (C=O) groups is 1. The summed E-state index contributed by atoms with van der Waals surface area (Å²) in [6, 6.07) is 11.5. The Morgan fingerprint density at radius 3 is 2.15 bits per heavy atom. The molecule has 0 amide bonds. The van der Waals surface area contributed by atoms with Gasteiger partial charge in [0.1, 0.15) is 31.2 Å². The molecule has 0 spiro atoms. The summed E-state index contributed by atoms with van der Waals surface area (Å²) < 4.78 is 26.3. The quantitative estimate of drug-likeness (QED) is 0.0967. The standard InChI is InChI=1S/C20H20N8O4.C12H17N5O5/c1-3-20(25-26-21)16(31-18(29)14-7-5-4-6-8-14)13(2)17(32-20)27-10-9-15(24-19(27)30)28-12-22-11-23-28;1-3-21-8-4-5-17(11(20)14-8)10-7(2)9(19)12(6-18,22-10)15-16-13/h4-13,16-17H,3H2,1-2H3;4-5,7,9-10,18-19H,3,6H2,1-2H3. The third kappa shape index (κ3) is 7.64. The van der Waals surface area contributed by atoms with Gasteiger partial charge in [0, 0.05) is 40.1 Å². The maximum absolute atomic E-state index is 12.8. The third-order valence-electron chi connectivity index (χ3n) is 8.95. The third-order valence-corrected chi connectivity index (χ3v) is 8.95. The van der Waals surface area contributed by atoms with Gasteiger partial charge in [0.25, 0.3) is 0 Å². The summed E-state index contributed by atoms with van der Waals surface area (Å²) in [6.07, 6.45) is 1.90. The molecular formula is C32H37N13O9. The zero-order chi connectivity index (χ0) is 39.0. The molecule has 2 aliphatic heterocycles. The molecule has 0 aliphatic carbocycles. The minimum absolute atomic E-state index is 0.179. The Hall–Kier alpha value is -6.15. The van der Waals surface area contributed by atoms with E-state index in [-0.39, 0.29) is 12.3 Å². The number of aliphatic hydroxyl groups is 2. The Morgan fingerprint density at radius 2 is 1.57 bits per heavy atom. The maximum atomic E-state index is 12.8. The molecule has 6 rings (SSSR count). The van der Waals surface area contributed by atoms with Crippen molar-refractivity contribution in [3.05, 3.63) is 115 Å². The minimum atomic E-state index is -1.82. The van der Waals surface area contributed by atoms with E-state index in [1.807, 2.05) is 0 Å². The summed E-state index contributed by atoms with van der Waals surface area (Å²) in [5, 5.41) is 30.8. The van der Waals surface area contributed by atoms with Gasteiger partial charge in [-0.05, 0) is 42.6 Å². The van der Waals surface area contributed by atoms with Crippen LogP contribution >= 0.6 is 0 Å². The molecule has 0 radical (unpaired) electrons. The van der Waals surface area contributed by atoms with Crippen molar-refractivity contribution < 1.29 is 34.0 Å². The van der Waals surface area contributed by atoms with Gasteiger partial charge in [-0.3, -0.25) is 9.13 Å². The molecule has 2 fully saturated rings. The lowest BCUT2D eigenvalue weighted by Crippen LogP contribution is -2.42. The van der Waals surface area contributed by atoms with Crippen molar-refractivity contribution in [1.29, 1.82) is 0 Å². The van der Waals surface area contributed by atoms with Crippen LogP contribution in [0.3, 0.4) is 0 Å². The van der Waals surface area contributed by atoms with Crippen molar-refractivity contribution in [2.24, 2.45) is 22.1 Å². The fourth-order valence-corrected chi connectivity index (χ4v) is 6.18. The van der Waals surface area contributed by atoms with Crippen LogP contribution in [0.15, 0.2) is 87.3 Å². The van der Waals surface area contributed by atoms with E-state index >= 15 is 0 Å². The van der Waals surface area contributed by atoms with Crippen LogP contribution in [0.4, 0.5) is 0 Å². The molecule has 5 heterocycles. The van der Waals surface area contributed by atoms with E-state index in [1.54, 1.807) is 64.1 Å². The normalized spacial score (nSPS) is 27.1. The van der Waals surface area contributed by atoms with Crippen LogP contribution in [0.2, 0.25) is 0 Å². The fraction of sp³-hybridized carbons (Fsp3) is 0.469. The monoisotopic (exact) mass is 747 g/mol. The van der Waals surface area contributed by atoms with Crippen LogP contribution in [-0.4, -0.2) is 86.9 Å². The van der Waals surface area contributed by atoms with Crippen LogP contribution in [-0.2, 0) is 14.2 Å². The summed E-state index contributed by atoms with van der Waals surface area (Å²) in [6.45, 7) is 6.55. The Labute approximate surface area is 305 Å². The van der Waals surface area contributed by atoms with Crippen LogP contribution in [0.5, 0.6) is 5.88 Å². The molecule has 8 unspecified atom stereocenters. The van der Waals surface area contributed by atoms with Crippen LogP contribution in [0.1, 0.15) is 56.9 Å². The lowest BCUT2D eigenvalue weighted by molar-refractivity contribution is -0.124. The van der Waals surface area contributed by atoms with Crippen LogP contribution < -0.4 is 16.1 Å². The SMILES string of the molecule is CCC1(N=[N+]=[N-])OC(n2ccc(-n3cncn3)nc2=O)C(C)C1OC(=O)c1ccccc1.CCOc1ccn(C2OC(CO)(N=[N+]=[N-])C(O)C2C)c(=O)n1. The highest BCUT2D eigenvalue weighted by atomic mass is 16.6. The molecule has 8 atom stereocenters. The van der Waals surface area contributed by atoms with Crippen molar-refractivity contribution >= 4 is 5.97 Å². The average molecular weight is 748 g/mol. The second kappa shape index (κ2) is 16.7. The Kier molecular flexibility index (Phi) is 12.1. The van der Waals surface area contributed by atoms with Gasteiger partial charge in [0.15, 0.2) is 17.3 Å². The summed E-state index contributed by atoms with van der Waals surface area (Å²) in [4.78, 5) is 54.7. The topological polar surface area (TPSA) is 292 Å². The van der Waals surface area contributed by atoms with Crippen molar-refractivity contribution in [1.82, 2.24) is 33.9 Å². The first-order valence-corrected chi connectivity index (χ1v) is 16.7. The van der Waals surface area contributed by atoms with Gasteiger partial charge in [-0.2, -0.15) is 15.1 Å². The van der Waals surface area contributed by atoms with Crippen molar-refractivity contribution in [2.75, 3.05) is 13.2 Å². The summed E-state index contributed by atoms with van der Waals surface area (Å²) in [5.74, 6) is -1.23. The van der Waals surface area contributed by atoms with Crippen LogP contribution in [0.25, 0.3) is 26.7 Å². The molecular weight excluding hydrogens is 710 g/mol. The zero-order valence-corrected chi connectivity index (χ0v) is 29.5. The fourth-order valence-electron chi connectivity index (χ4n) is 6.18. The van der Waals surface area contributed by atoms with Gasteiger partial charge in [-0.1, -0.05) is 49.2 Å². The van der Waals surface area contributed by atoms with Gasteiger partial charge in [0.05, 0.1) is 24.9 Å². The minimum Gasteiger partial charge on any atom is -0.478 e. The van der Waals surface area contributed by atoms with Gasteiger partial charge in [-0.25, -0.2) is 24.0 Å². The number of aliphatic hydroxyl groups excluding tert-OH is 2. The first-order chi connectivity index (χ1) is 26.0. The number of rotatable bonds is 11. The van der Waals surface area contributed by atoms with E-state index in [2.05, 4.69) is 40.1 Å². The maximum Gasteiger partial charge on any atom is 0.352 e. The first kappa shape index (κ1) is 39.1. The summed E-state index contributed by atoms with van der Waals surface area (Å²) >= 11 is 0. The Bertz CT molecular complexity index is 2140. The molecule has 22 heteroatoms. The molecule has 2 N–H and O–H groups in total. The highest BCUT2D eigenvalue weighted by Crippen LogP contribution is 2.46. The molecule has 284 valence electrons. The Morgan fingerprint density at radius 1 is 0.944 bits per heavy atom. The highest BCUT2D eigenvalue weighted by molar-refractivity contribution is 5.89. The molecule has 3 aromatic heterocycles. The average Bonchev–Trinajstić information content (AvgIpc) is 3.87.